The van der Waals surface area contributed by atoms with Crippen LogP contribution in [0.1, 0.15) is 26.7 Å². The van der Waals surface area contributed by atoms with Gasteiger partial charge in [0.1, 0.15) is 0 Å². The SMILES string of the molecule is C[C@H]1CSC(=O)[C@H]2[C@@H]1CC[C@@H]2C. The molecule has 2 aliphatic rings. The minimum atomic E-state index is 0.402. The molecule has 2 fully saturated rings. The van der Waals surface area contributed by atoms with Gasteiger partial charge in [-0.25, -0.2) is 0 Å². The van der Waals surface area contributed by atoms with Gasteiger partial charge in [0, 0.05) is 11.7 Å². The Hall–Kier alpha value is 0.0200. The van der Waals surface area contributed by atoms with Crippen molar-refractivity contribution in [1.82, 2.24) is 0 Å². The number of carbonyl (C=O) groups excluding carboxylic acids is 1. The van der Waals surface area contributed by atoms with Crippen molar-refractivity contribution >= 4 is 16.9 Å². The van der Waals surface area contributed by atoms with Crippen LogP contribution in [0.5, 0.6) is 0 Å². The fourth-order valence-electron chi connectivity index (χ4n) is 2.72. The van der Waals surface area contributed by atoms with E-state index < -0.39 is 0 Å². The van der Waals surface area contributed by atoms with Crippen molar-refractivity contribution in [3.8, 4) is 0 Å². The molecule has 0 bridgehead atoms. The fraction of sp³-hybridized carbons (Fsp3) is 0.900. The Morgan fingerprint density at radius 1 is 1.25 bits per heavy atom. The molecule has 2 rings (SSSR count). The number of hydrogen-bond acceptors (Lipinski definition) is 2. The number of fused-ring (bicyclic) bond motifs is 1. The summed E-state index contributed by atoms with van der Waals surface area (Å²) in [5.74, 6) is 3.60. The third-order valence-electron chi connectivity index (χ3n) is 3.52. The summed E-state index contributed by atoms with van der Waals surface area (Å²) >= 11 is 1.57. The third kappa shape index (κ3) is 1.20. The van der Waals surface area contributed by atoms with Crippen molar-refractivity contribution in [2.24, 2.45) is 23.7 Å². The molecule has 0 radical (unpaired) electrons. The molecule has 1 saturated heterocycles. The van der Waals surface area contributed by atoms with Gasteiger partial charge in [-0.3, -0.25) is 4.79 Å². The third-order valence-corrected chi connectivity index (χ3v) is 4.77. The van der Waals surface area contributed by atoms with Gasteiger partial charge in [0.2, 0.25) is 0 Å². The largest absolute Gasteiger partial charge is 0.287 e. The van der Waals surface area contributed by atoms with Crippen molar-refractivity contribution in [2.75, 3.05) is 5.75 Å². The van der Waals surface area contributed by atoms with Crippen LogP contribution in [0.3, 0.4) is 0 Å². The van der Waals surface area contributed by atoms with E-state index in [9.17, 15) is 4.79 Å². The van der Waals surface area contributed by atoms with Gasteiger partial charge in [0.25, 0.3) is 0 Å². The molecule has 2 heteroatoms. The Balaban J connectivity index is 2.18. The molecule has 0 aromatic heterocycles. The van der Waals surface area contributed by atoms with Crippen LogP contribution in [-0.2, 0) is 4.79 Å². The number of carbonyl (C=O) groups is 1. The van der Waals surface area contributed by atoms with Crippen molar-refractivity contribution in [3.63, 3.8) is 0 Å². The quantitative estimate of drug-likeness (QED) is 0.575. The lowest BCUT2D eigenvalue weighted by Crippen LogP contribution is -2.31. The van der Waals surface area contributed by atoms with Crippen LogP contribution in [0, 0.1) is 23.7 Å². The topological polar surface area (TPSA) is 17.1 Å². The van der Waals surface area contributed by atoms with E-state index in [1.54, 1.807) is 11.8 Å². The van der Waals surface area contributed by atoms with E-state index in [1.165, 1.54) is 12.8 Å². The predicted molar refractivity (Wildman–Crippen MR) is 52.0 cm³/mol. The lowest BCUT2D eigenvalue weighted by atomic mass is 9.83. The van der Waals surface area contributed by atoms with Crippen molar-refractivity contribution in [2.45, 2.75) is 26.7 Å². The second-order valence-corrected chi connectivity index (χ2v) is 5.38. The zero-order valence-corrected chi connectivity index (χ0v) is 8.56. The molecule has 1 heterocycles. The summed E-state index contributed by atoms with van der Waals surface area (Å²) in [5.41, 5.74) is 0. The van der Waals surface area contributed by atoms with Crippen LogP contribution in [0.15, 0.2) is 0 Å². The van der Waals surface area contributed by atoms with E-state index >= 15 is 0 Å². The molecule has 1 nitrogen and oxygen atoms in total. The Labute approximate surface area is 78.3 Å². The molecule has 1 saturated carbocycles. The maximum absolute atomic E-state index is 11.6. The Bertz CT molecular complexity index is 202. The first-order valence-electron chi connectivity index (χ1n) is 4.87. The summed E-state index contributed by atoms with van der Waals surface area (Å²) in [6.07, 6.45) is 2.56. The first-order chi connectivity index (χ1) is 5.70. The average Bonchev–Trinajstić information content (AvgIpc) is 2.42. The molecule has 4 atom stereocenters. The van der Waals surface area contributed by atoms with Crippen molar-refractivity contribution in [3.05, 3.63) is 0 Å². The van der Waals surface area contributed by atoms with E-state index in [4.69, 9.17) is 0 Å². The average molecular weight is 184 g/mol. The number of rotatable bonds is 0. The van der Waals surface area contributed by atoms with Gasteiger partial charge in [-0.05, 0) is 30.6 Å². The normalized spacial score (nSPS) is 47.7. The molecule has 0 N–H and O–H groups in total. The first-order valence-corrected chi connectivity index (χ1v) is 5.85. The lowest BCUT2D eigenvalue weighted by Gasteiger charge is -2.31. The Morgan fingerprint density at radius 3 is 2.67 bits per heavy atom. The van der Waals surface area contributed by atoms with Crippen LogP contribution in [0.25, 0.3) is 0 Å². The summed E-state index contributed by atoms with van der Waals surface area (Å²) in [7, 11) is 0. The van der Waals surface area contributed by atoms with Gasteiger partial charge < -0.3 is 0 Å². The Kier molecular flexibility index (Phi) is 2.19. The highest BCUT2D eigenvalue weighted by Gasteiger charge is 2.43. The van der Waals surface area contributed by atoms with Crippen molar-refractivity contribution < 1.29 is 4.79 Å². The van der Waals surface area contributed by atoms with Gasteiger partial charge >= 0.3 is 0 Å². The van der Waals surface area contributed by atoms with Crippen LogP contribution < -0.4 is 0 Å². The van der Waals surface area contributed by atoms with Crippen LogP contribution in [-0.4, -0.2) is 10.9 Å². The Morgan fingerprint density at radius 2 is 2.00 bits per heavy atom. The molecule has 0 aromatic rings. The van der Waals surface area contributed by atoms with E-state index in [-0.39, 0.29) is 0 Å². The monoisotopic (exact) mass is 184 g/mol. The summed E-state index contributed by atoms with van der Waals surface area (Å²) in [6.45, 7) is 4.54. The molecule has 1 aliphatic carbocycles. The summed E-state index contributed by atoms with van der Waals surface area (Å²) in [5, 5.41) is 0.475. The second-order valence-electron chi connectivity index (χ2n) is 4.35. The molecule has 0 spiro atoms. The van der Waals surface area contributed by atoms with E-state index in [0.29, 0.717) is 22.9 Å². The molecule has 0 aromatic carbocycles. The summed E-state index contributed by atoms with van der Waals surface area (Å²) in [4.78, 5) is 11.6. The molecule has 68 valence electrons. The number of thioether (sulfide) groups is 1. The maximum atomic E-state index is 11.6. The molecule has 0 unspecified atom stereocenters. The summed E-state index contributed by atoms with van der Waals surface area (Å²) in [6, 6.07) is 0. The zero-order valence-electron chi connectivity index (χ0n) is 7.75. The lowest BCUT2D eigenvalue weighted by molar-refractivity contribution is -0.117. The fourth-order valence-corrected chi connectivity index (χ4v) is 3.99. The van der Waals surface area contributed by atoms with Gasteiger partial charge in [-0.15, -0.1) is 0 Å². The smallest absolute Gasteiger partial charge is 0.192 e. The molecule has 12 heavy (non-hydrogen) atoms. The highest BCUT2D eigenvalue weighted by molar-refractivity contribution is 8.13. The number of hydrogen-bond donors (Lipinski definition) is 0. The van der Waals surface area contributed by atoms with E-state index in [0.717, 1.165) is 11.7 Å². The minimum absolute atomic E-state index is 0.402. The van der Waals surface area contributed by atoms with Gasteiger partial charge in [0.15, 0.2) is 5.12 Å². The minimum Gasteiger partial charge on any atom is -0.287 e. The van der Waals surface area contributed by atoms with E-state index in [1.807, 2.05) is 0 Å². The van der Waals surface area contributed by atoms with Gasteiger partial charge in [-0.2, -0.15) is 0 Å². The maximum Gasteiger partial charge on any atom is 0.192 e. The summed E-state index contributed by atoms with van der Waals surface area (Å²) < 4.78 is 0. The standard InChI is InChI=1S/C10H16OS/c1-6-3-4-8-7(2)5-12-10(11)9(6)8/h6-9H,3-5H2,1-2H3/t6-,7-,8+,9+/m0/s1. The zero-order chi connectivity index (χ0) is 8.72. The highest BCUT2D eigenvalue weighted by atomic mass is 32.2. The molecular weight excluding hydrogens is 168 g/mol. The van der Waals surface area contributed by atoms with Crippen LogP contribution in [0.4, 0.5) is 0 Å². The van der Waals surface area contributed by atoms with Gasteiger partial charge in [0.05, 0.1) is 0 Å². The van der Waals surface area contributed by atoms with Gasteiger partial charge in [-0.1, -0.05) is 25.6 Å². The predicted octanol–water partition coefficient (Wildman–Crippen LogP) is 2.56. The molecule has 1 aliphatic heterocycles. The molecular formula is C10H16OS. The van der Waals surface area contributed by atoms with Crippen LogP contribution in [0.2, 0.25) is 0 Å². The van der Waals surface area contributed by atoms with Crippen LogP contribution >= 0.6 is 11.8 Å². The second kappa shape index (κ2) is 3.06. The van der Waals surface area contributed by atoms with E-state index in [2.05, 4.69) is 13.8 Å². The molecule has 0 amide bonds. The van der Waals surface area contributed by atoms with Crippen molar-refractivity contribution in [1.29, 1.82) is 0 Å². The highest BCUT2D eigenvalue weighted by Crippen LogP contribution is 2.47. The first kappa shape index (κ1) is 8.61.